The number of hydrogen-bond acceptors (Lipinski definition) is 4. The van der Waals surface area contributed by atoms with Gasteiger partial charge in [-0.1, -0.05) is 0 Å². The molecule has 3 rings (SSSR count). The van der Waals surface area contributed by atoms with E-state index in [2.05, 4.69) is 10.1 Å². The van der Waals surface area contributed by atoms with Crippen molar-refractivity contribution in [3.8, 4) is 22.9 Å². The highest BCUT2D eigenvalue weighted by molar-refractivity contribution is 5.62. The zero-order valence-corrected chi connectivity index (χ0v) is 9.74. The van der Waals surface area contributed by atoms with Gasteiger partial charge < -0.3 is 9.84 Å². The van der Waals surface area contributed by atoms with Gasteiger partial charge in [0, 0.05) is 11.8 Å². The molecule has 0 saturated carbocycles. The molecule has 18 heavy (non-hydrogen) atoms. The van der Waals surface area contributed by atoms with Crippen LogP contribution in [0.1, 0.15) is 0 Å². The van der Waals surface area contributed by atoms with Gasteiger partial charge in [-0.05, 0) is 36.4 Å². The summed E-state index contributed by atoms with van der Waals surface area (Å²) >= 11 is 0. The average molecular weight is 241 g/mol. The molecule has 0 fully saturated rings. The van der Waals surface area contributed by atoms with Crippen LogP contribution in [0.15, 0.2) is 42.6 Å². The van der Waals surface area contributed by atoms with Crippen molar-refractivity contribution in [1.29, 1.82) is 0 Å². The summed E-state index contributed by atoms with van der Waals surface area (Å²) in [5.74, 6) is 1.47. The van der Waals surface area contributed by atoms with Crippen LogP contribution in [0.4, 0.5) is 0 Å². The molecule has 0 amide bonds. The lowest BCUT2D eigenvalue weighted by Crippen LogP contribution is -1.86. The van der Waals surface area contributed by atoms with Crippen molar-refractivity contribution in [2.45, 2.75) is 0 Å². The Balaban J connectivity index is 2.10. The van der Waals surface area contributed by atoms with Crippen molar-refractivity contribution in [2.24, 2.45) is 0 Å². The summed E-state index contributed by atoms with van der Waals surface area (Å²) in [6.45, 7) is 0. The van der Waals surface area contributed by atoms with Crippen LogP contribution in [0, 0.1) is 0 Å². The third-order valence-corrected chi connectivity index (χ3v) is 2.69. The Morgan fingerprint density at radius 2 is 1.94 bits per heavy atom. The van der Waals surface area contributed by atoms with Crippen molar-refractivity contribution in [3.05, 3.63) is 42.6 Å². The summed E-state index contributed by atoms with van der Waals surface area (Å²) in [4.78, 5) is 4.30. The van der Waals surface area contributed by atoms with Gasteiger partial charge in [0.2, 0.25) is 0 Å². The Bertz CT molecular complexity index is 689. The summed E-state index contributed by atoms with van der Waals surface area (Å²) in [5.41, 5.74) is 1.32. The first kappa shape index (κ1) is 10.6. The molecule has 0 atom stereocenters. The summed E-state index contributed by atoms with van der Waals surface area (Å²) in [6, 6.07) is 10.8. The van der Waals surface area contributed by atoms with Gasteiger partial charge in [0.05, 0.1) is 7.11 Å². The maximum atomic E-state index is 9.67. The number of pyridine rings is 1. The molecule has 2 aromatic heterocycles. The van der Waals surface area contributed by atoms with Gasteiger partial charge >= 0.3 is 0 Å². The number of methoxy groups -OCH3 is 1. The highest BCUT2D eigenvalue weighted by Crippen LogP contribution is 2.22. The second kappa shape index (κ2) is 4.03. The molecule has 1 N–H and O–H groups in total. The topological polar surface area (TPSA) is 59.7 Å². The Kier molecular flexibility index (Phi) is 2.37. The lowest BCUT2D eigenvalue weighted by molar-refractivity contribution is 0.415. The number of nitrogens with zero attached hydrogens (tertiary/aromatic N) is 3. The Morgan fingerprint density at radius 1 is 1.17 bits per heavy atom. The number of aromatic nitrogens is 3. The van der Waals surface area contributed by atoms with Gasteiger partial charge in [-0.2, -0.15) is 0 Å². The zero-order valence-electron chi connectivity index (χ0n) is 9.74. The van der Waals surface area contributed by atoms with Crippen LogP contribution in [-0.4, -0.2) is 26.8 Å². The molecule has 0 radical (unpaired) electrons. The number of rotatable bonds is 2. The van der Waals surface area contributed by atoms with Crippen LogP contribution >= 0.6 is 0 Å². The van der Waals surface area contributed by atoms with Crippen molar-refractivity contribution in [2.75, 3.05) is 7.11 Å². The molecular formula is C13H11N3O2. The number of benzene rings is 1. The fourth-order valence-corrected chi connectivity index (χ4v) is 1.75. The Morgan fingerprint density at radius 3 is 2.61 bits per heavy atom. The highest BCUT2D eigenvalue weighted by Gasteiger charge is 2.08. The molecule has 5 nitrogen and oxygen atoms in total. The molecule has 0 unspecified atom stereocenters. The van der Waals surface area contributed by atoms with E-state index in [9.17, 15) is 5.11 Å². The second-order valence-corrected chi connectivity index (χ2v) is 3.83. The smallest absolute Gasteiger partial charge is 0.198 e. The van der Waals surface area contributed by atoms with Crippen molar-refractivity contribution < 1.29 is 9.84 Å². The first-order chi connectivity index (χ1) is 8.78. The lowest BCUT2D eigenvalue weighted by Gasteiger charge is -1.99. The first-order valence-corrected chi connectivity index (χ1v) is 5.47. The SMILES string of the molecule is COc1ccc(-c2nc3c(O)cccn3n2)cc1. The average Bonchev–Trinajstić information content (AvgIpc) is 2.84. The maximum Gasteiger partial charge on any atom is 0.198 e. The van der Waals surface area contributed by atoms with E-state index >= 15 is 0 Å². The van der Waals surface area contributed by atoms with E-state index in [1.165, 1.54) is 0 Å². The third-order valence-electron chi connectivity index (χ3n) is 2.69. The number of fused-ring (bicyclic) bond motifs is 1. The van der Waals surface area contributed by atoms with Gasteiger partial charge in [-0.25, -0.2) is 9.50 Å². The molecule has 0 spiro atoms. The molecule has 3 aromatic rings. The van der Waals surface area contributed by atoms with E-state index in [1.54, 1.807) is 30.0 Å². The Hall–Kier alpha value is -2.56. The fraction of sp³-hybridized carbons (Fsp3) is 0.0769. The van der Waals surface area contributed by atoms with Crippen LogP contribution in [0.2, 0.25) is 0 Å². The predicted octanol–water partition coefficient (Wildman–Crippen LogP) is 2.11. The predicted molar refractivity (Wildman–Crippen MR) is 66.6 cm³/mol. The third kappa shape index (κ3) is 1.66. The van der Waals surface area contributed by atoms with Crippen LogP contribution < -0.4 is 4.74 Å². The van der Waals surface area contributed by atoms with E-state index in [0.29, 0.717) is 11.5 Å². The normalized spacial score (nSPS) is 10.7. The van der Waals surface area contributed by atoms with Gasteiger partial charge in [0.25, 0.3) is 0 Å². The van der Waals surface area contributed by atoms with Crippen molar-refractivity contribution in [1.82, 2.24) is 14.6 Å². The number of hydrogen-bond donors (Lipinski definition) is 1. The fourth-order valence-electron chi connectivity index (χ4n) is 1.75. The monoisotopic (exact) mass is 241 g/mol. The molecule has 2 heterocycles. The molecule has 0 aliphatic carbocycles. The van der Waals surface area contributed by atoms with E-state index in [-0.39, 0.29) is 5.75 Å². The molecule has 90 valence electrons. The van der Waals surface area contributed by atoms with Gasteiger partial charge in [-0.15, -0.1) is 5.10 Å². The summed E-state index contributed by atoms with van der Waals surface area (Å²) in [7, 11) is 1.62. The molecule has 1 aromatic carbocycles. The largest absolute Gasteiger partial charge is 0.504 e. The van der Waals surface area contributed by atoms with Gasteiger partial charge in [0.15, 0.2) is 17.2 Å². The molecule has 0 aliphatic rings. The van der Waals surface area contributed by atoms with Crippen LogP contribution in [0.5, 0.6) is 11.5 Å². The maximum absolute atomic E-state index is 9.67. The summed E-state index contributed by atoms with van der Waals surface area (Å²) in [5, 5.41) is 14.0. The van der Waals surface area contributed by atoms with E-state index < -0.39 is 0 Å². The summed E-state index contributed by atoms with van der Waals surface area (Å²) < 4.78 is 6.65. The van der Waals surface area contributed by atoms with Gasteiger partial charge in [-0.3, -0.25) is 0 Å². The number of aromatic hydroxyl groups is 1. The zero-order chi connectivity index (χ0) is 12.5. The summed E-state index contributed by atoms with van der Waals surface area (Å²) in [6.07, 6.45) is 1.75. The van der Waals surface area contributed by atoms with Crippen LogP contribution in [0.25, 0.3) is 17.0 Å². The van der Waals surface area contributed by atoms with E-state index in [4.69, 9.17) is 4.74 Å². The van der Waals surface area contributed by atoms with Crippen LogP contribution in [-0.2, 0) is 0 Å². The Labute approximate surface area is 103 Å². The lowest BCUT2D eigenvalue weighted by atomic mass is 10.2. The molecule has 5 heteroatoms. The van der Waals surface area contributed by atoms with Crippen molar-refractivity contribution >= 4 is 5.65 Å². The standard InChI is InChI=1S/C13H11N3O2/c1-18-10-6-4-9(5-7-10)12-14-13-11(17)3-2-8-16(13)15-12/h2-8,17H,1H3. The molecular weight excluding hydrogens is 230 g/mol. The highest BCUT2D eigenvalue weighted by atomic mass is 16.5. The minimum absolute atomic E-state index is 0.116. The minimum atomic E-state index is 0.116. The molecule has 0 aliphatic heterocycles. The molecule has 0 saturated heterocycles. The van der Waals surface area contributed by atoms with Crippen LogP contribution in [0.3, 0.4) is 0 Å². The quantitative estimate of drug-likeness (QED) is 0.746. The molecule has 0 bridgehead atoms. The van der Waals surface area contributed by atoms with E-state index in [0.717, 1.165) is 11.3 Å². The number of ether oxygens (including phenoxy) is 1. The second-order valence-electron chi connectivity index (χ2n) is 3.83. The van der Waals surface area contributed by atoms with E-state index in [1.807, 2.05) is 24.3 Å². The first-order valence-electron chi connectivity index (χ1n) is 5.47. The van der Waals surface area contributed by atoms with Crippen molar-refractivity contribution in [3.63, 3.8) is 0 Å². The van der Waals surface area contributed by atoms with Gasteiger partial charge in [0.1, 0.15) is 5.75 Å². The minimum Gasteiger partial charge on any atom is -0.504 e.